The van der Waals surface area contributed by atoms with Crippen LogP contribution in [0.5, 0.6) is 0 Å². The number of hydrogen-bond donors (Lipinski definition) is 1. The first kappa shape index (κ1) is 14.7. The molecule has 0 bridgehead atoms. The summed E-state index contributed by atoms with van der Waals surface area (Å²) in [5.74, 6) is 0. The zero-order chi connectivity index (χ0) is 13.1. The van der Waals surface area contributed by atoms with Crippen molar-refractivity contribution in [2.24, 2.45) is 0 Å². The molecule has 0 aliphatic heterocycles. The lowest BCUT2D eigenvalue weighted by molar-refractivity contribution is 0.186. The minimum Gasteiger partial charge on any atom is -0.311 e. The van der Waals surface area contributed by atoms with Crippen molar-refractivity contribution < 1.29 is 0 Å². The molecule has 0 aliphatic carbocycles. The molecule has 0 radical (unpaired) electrons. The molecule has 1 heterocycles. The van der Waals surface area contributed by atoms with E-state index in [9.17, 15) is 0 Å². The summed E-state index contributed by atoms with van der Waals surface area (Å²) in [5.41, 5.74) is 0.196. The molecule has 2 atom stereocenters. The normalized spacial score (nSPS) is 16.2. The van der Waals surface area contributed by atoms with Crippen molar-refractivity contribution in [1.82, 2.24) is 10.2 Å². The smallest absolute Gasteiger partial charge is 0.0413 e. The largest absolute Gasteiger partial charge is 0.311 e. The second kappa shape index (κ2) is 5.98. The van der Waals surface area contributed by atoms with Crippen LogP contribution in [0.2, 0.25) is 0 Å². The zero-order valence-electron chi connectivity index (χ0n) is 11.9. The van der Waals surface area contributed by atoms with E-state index in [1.807, 2.05) is 11.3 Å². The van der Waals surface area contributed by atoms with Crippen LogP contribution < -0.4 is 5.32 Å². The second-order valence-electron chi connectivity index (χ2n) is 5.84. The quantitative estimate of drug-likeness (QED) is 0.865. The van der Waals surface area contributed by atoms with E-state index in [0.717, 1.165) is 6.54 Å². The van der Waals surface area contributed by atoms with E-state index in [0.29, 0.717) is 12.1 Å². The fourth-order valence-electron chi connectivity index (χ4n) is 1.71. The molecule has 0 aromatic carbocycles. The Bertz CT molecular complexity index is 313. The van der Waals surface area contributed by atoms with Gasteiger partial charge in [0.1, 0.15) is 0 Å². The molecule has 0 saturated carbocycles. The van der Waals surface area contributed by atoms with E-state index in [2.05, 4.69) is 69.4 Å². The third-order valence-electron chi connectivity index (χ3n) is 3.19. The van der Waals surface area contributed by atoms with Crippen LogP contribution in [0.4, 0.5) is 0 Å². The van der Waals surface area contributed by atoms with Crippen LogP contribution in [-0.4, -0.2) is 30.1 Å². The lowest BCUT2D eigenvalue weighted by Crippen LogP contribution is -2.45. The highest BCUT2D eigenvalue weighted by Crippen LogP contribution is 2.24. The van der Waals surface area contributed by atoms with Crippen LogP contribution in [0.3, 0.4) is 0 Å². The van der Waals surface area contributed by atoms with Crippen molar-refractivity contribution in [2.45, 2.75) is 52.2 Å². The molecule has 0 saturated heterocycles. The fourth-order valence-corrected chi connectivity index (χ4v) is 2.54. The van der Waals surface area contributed by atoms with Gasteiger partial charge < -0.3 is 5.32 Å². The first-order valence-electron chi connectivity index (χ1n) is 6.31. The summed E-state index contributed by atoms with van der Waals surface area (Å²) in [5, 5.41) is 5.71. The highest BCUT2D eigenvalue weighted by Gasteiger charge is 2.19. The van der Waals surface area contributed by atoms with Gasteiger partial charge in [0.25, 0.3) is 0 Å². The number of nitrogens with one attached hydrogen (secondary N) is 1. The SMILES string of the molecule is CC(CNC(C)(C)C)N(C)C(C)c1cccs1. The third kappa shape index (κ3) is 4.78. The van der Waals surface area contributed by atoms with Gasteiger partial charge in [-0.3, -0.25) is 4.90 Å². The van der Waals surface area contributed by atoms with Crippen molar-refractivity contribution >= 4 is 11.3 Å². The van der Waals surface area contributed by atoms with Gasteiger partial charge in [0.05, 0.1) is 0 Å². The molecule has 1 rings (SSSR count). The number of thiophene rings is 1. The molecular weight excluding hydrogens is 228 g/mol. The summed E-state index contributed by atoms with van der Waals surface area (Å²) in [6.07, 6.45) is 0. The summed E-state index contributed by atoms with van der Waals surface area (Å²) in [7, 11) is 2.21. The number of likely N-dealkylation sites (N-methyl/N-ethyl adjacent to an activating group) is 1. The van der Waals surface area contributed by atoms with E-state index in [4.69, 9.17) is 0 Å². The molecule has 0 amide bonds. The average Bonchev–Trinajstić information content (AvgIpc) is 2.76. The predicted molar refractivity (Wildman–Crippen MR) is 77.7 cm³/mol. The van der Waals surface area contributed by atoms with E-state index < -0.39 is 0 Å². The monoisotopic (exact) mass is 254 g/mol. The van der Waals surface area contributed by atoms with Gasteiger partial charge in [-0.2, -0.15) is 0 Å². The molecule has 98 valence electrons. The second-order valence-corrected chi connectivity index (χ2v) is 6.82. The summed E-state index contributed by atoms with van der Waals surface area (Å²) < 4.78 is 0. The molecule has 3 heteroatoms. The maximum Gasteiger partial charge on any atom is 0.0413 e. The maximum absolute atomic E-state index is 3.56. The van der Waals surface area contributed by atoms with E-state index in [1.165, 1.54) is 4.88 Å². The van der Waals surface area contributed by atoms with E-state index >= 15 is 0 Å². The Kier molecular flexibility index (Phi) is 5.17. The Labute approximate surface area is 110 Å². The summed E-state index contributed by atoms with van der Waals surface area (Å²) in [4.78, 5) is 3.88. The van der Waals surface area contributed by atoms with Crippen molar-refractivity contribution in [2.75, 3.05) is 13.6 Å². The predicted octanol–water partition coefficient (Wildman–Crippen LogP) is 3.52. The van der Waals surface area contributed by atoms with Gasteiger partial charge in [-0.25, -0.2) is 0 Å². The van der Waals surface area contributed by atoms with Gasteiger partial charge in [-0.15, -0.1) is 11.3 Å². The first-order chi connectivity index (χ1) is 7.81. The van der Waals surface area contributed by atoms with Crippen molar-refractivity contribution in [3.8, 4) is 0 Å². The number of rotatable bonds is 5. The van der Waals surface area contributed by atoms with Gasteiger partial charge in [0, 0.05) is 29.0 Å². The molecule has 0 fully saturated rings. The Hall–Kier alpha value is -0.380. The number of nitrogens with zero attached hydrogens (tertiary/aromatic N) is 1. The highest BCUT2D eigenvalue weighted by atomic mass is 32.1. The van der Waals surface area contributed by atoms with Crippen LogP contribution in [0.1, 0.15) is 45.5 Å². The van der Waals surface area contributed by atoms with E-state index in [1.54, 1.807) is 0 Å². The van der Waals surface area contributed by atoms with Crippen LogP contribution in [-0.2, 0) is 0 Å². The van der Waals surface area contributed by atoms with Crippen LogP contribution in [0.25, 0.3) is 0 Å². The van der Waals surface area contributed by atoms with E-state index in [-0.39, 0.29) is 5.54 Å². The van der Waals surface area contributed by atoms with Crippen molar-refractivity contribution in [3.63, 3.8) is 0 Å². The molecule has 0 spiro atoms. The Morgan fingerprint density at radius 3 is 2.47 bits per heavy atom. The molecule has 2 nitrogen and oxygen atoms in total. The van der Waals surface area contributed by atoms with Crippen molar-refractivity contribution in [1.29, 1.82) is 0 Å². The Morgan fingerprint density at radius 1 is 1.35 bits per heavy atom. The molecule has 0 aliphatic rings. The minimum absolute atomic E-state index is 0.196. The van der Waals surface area contributed by atoms with Crippen LogP contribution in [0, 0.1) is 0 Å². The fraction of sp³-hybridized carbons (Fsp3) is 0.714. The minimum atomic E-state index is 0.196. The Balaban J connectivity index is 2.49. The highest BCUT2D eigenvalue weighted by molar-refractivity contribution is 7.10. The molecule has 1 aromatic rings. The zero-order valence-corrected chi connectivity index (χ0v) is 12.8. The maximum atomic E-state index is 3.56. The van der Waals surface area contributed by atoms with Gasteiger partial charge in [-0.05, 0) is 53.1 Å². The topological polar surface area (TPSA) is 15.3 Å². The molecular formula is C14H26N2S. The molecule has 2 unspecified atom stereocenters. The van der Waals surface area contributed by atoms with Crippen molar-refractivity contribution in [3.05, 3.63) is 22.4 Å². The Morgan fingerprint density at radius 2 is 2.00 bits per heavy atom. The average molecular weight is 254 g/mol. The van der Waals surface area contributed by atoms with Crippen LogP contribution in [0.15, 0.2) is 17.5 Å². The summed E-state index contributed by atoms with van der Waals surface area (Å²) >= 11 is 1.84. The van der Waals surface area contributed by atoms with Gasteiger partial charge >= 0.3 is 0 Å². The molecule has 1 N–H and O–H groups in total. The molecule has 1 aromatic heterocycles. The summed E-state index contributed by atoms with van der Waals surface area (Å²) in [6.45, 7) is 12.2. The standard InChI is InChI=1S/C14H26N2S/c1-11(10-15-14(3,4)5)16(6)12(2)13-8-7-9-17-13/h7-9,11-12,15H,10H2,1-6H3. The van der Waals surface area contributed by atoms with Crippen LogP contribution >= 0.6 is 11.3 Å². The number of hydrogen-bond acceptors (Lipinski definition) is 3. The first-order valence-corrected chi connectivity index (χ1v) is 7.19. The van der Waals surface area contributed by atoms with Gasteiger partial charge in [0.15, 0.2) is 0 Å². The van der Waals surface area contributed by atoms with Gasteiger partial charge in [-0.1, -0.05) is 6.07 Å². The lowest BCUT2D eigenvalue weighted by Gasteiger charge is -2.32. The third-order valence-corrected chi connectivity index (χ3v) is 4.23. The summed E-state index contributed by atoms with van der Waals surface area (Å²) in [6, 6.07) is 5.37. The molecule has 17 heavy (non-hydrogen) atoms. The van der Waals surface area contributed by atoms with Gasteiger partial charge in [0.2, 0.25) is 0 Å². The lowest BCUT2D eigenvalue weighted by atomic mass is 10.1.